The van der Waals surface area contributed by atoms with Crippen LogP contribution in [-0.4, -0.2) is 12.1 Å². The molecule has 0 fully saturated rings. The van der Waals surface area contributed by atoms with E-state index in [1.54, 1.807) is 7.11 Å². The minimum absolute atomic E-state index is 0.283. The lowest BCUT2D eigenvalue weighted by Gasteiger charge is -2.26. The van der Waals surface area contributed by atoms with Crippen LogP contribution >= 0.6 is 15.9 Å². The maximum Gasteiger partial charge on any atom is 0.135 e. The number of aryl methyl sites for hydroxylation is 1. The van der Waals surface area contributed by atoms with E-state index in [9.17, 15) is 0 Å². The monoisotopic (exact) mass is 332 g/mol. The summed E-state index contributed by atoms with van der Waals surface area (Å²) in [4.78, 5) is 4.55. The van der Waals surface area contributed by atoms with Crippen LogP contribution in [0.3, 0.4) is 0 Å². The highest BCUT2D eigenvalue weighted by molar-refractivity contribution is 9.10. The molecule has 1 atom stereocenters. The van der Waals surface area contributed by atoms with Gasteiger partial charge in [-0.25, -0.2) is 0 Å². The molecule has 1 aromatic heterocycles. The predicted octanol–water partition coefficient (Wildman–Crippen LogP) is 4.34. The van der Waals surface area contributed by atoms with Crippen molar-refractivity contribution in [3.8, 4) is 5.75 Å². The molecule has 0 amide bonds. The SMILES string of the molecule is COc1cc(NC2CCCc3cccnc32)ccc1Br. The summed E-state index contributed by atoms with van der Waals surface area (Å²) in [6, 6.07) is 10.6. The number of hydrogen-bond acceptors (Lipinski definition) is 3. The van der Waals surface area contributed by atoms with Crippen LogP contribution < -0.4 is 10.1 Å². The van der Waals surface area contributed by atoms with Crippen LogP contribution in [0.2, 0.25) is 0 Å². The molecule has 1 N–H and O–H groups in total. The van der Waals surface area contributed by atoms with E-state index in [2.05, 4.69) is 38.4 Å². The number of aromatic nitrogens is 1. The first kappa shape index (κ1) is 13.4. The van der Waals surface area contributed by atoms with E-state index < -0.39 is 0 Å². The van der Waals surface area contributed by atoms with E-state index in [0.29, 0.717) is 0 Å². The molecule has 3 nitrogen and oxygen atoms in total. The highest BCUT2D eigenvalue weighted by atomic mass is 79.9. The zero-order chi connectivity index (χ0) is 13.9. The van der Waals surface area contributed by atoms with Gasteiger partial charge in [0.1, 0.15) is 5.75 Å². The molecule has 0 spiro atoms. The second-order valence-corrected chi connectivity index (χ2v) is 5.84. The summed E-state index contributed by atoms with van der Waals surface area (Å²) in [5.41, 5.74) is 3.61. The Hall–Kier alpha value is -1.55. The van der Waals surface area contributed by atoms with Gasteiger partial charge in [-0.05, 0) is 59.0 Å². The van der Waals surface area contributed by atoms with Gasteiger partial charge in [-0.1, -0.05) is 6.07 Å². The molecule has 0 bridgehead atoms. The zero-order valence-corrected chi connectivity index (χ0v) is 13.0. The van der Waals surface area contributed by atoms with Crippen LogP contribution in [0.1, 0.15) is 30.1 Å². The lowest BCUT2D eigenvalue weighted by Crippen LogP contribution is -2.18. The third-order valence-corrected chi connectivity index (χ3v) is 4.34. The third-order valence-electron chi connectivity index (χ3n) is 3.69. The molecule has 1 aromatic carbocycles. The minimum Gasteiger partial charge on any atom is -0.495 e. The zero-order valence-electron chi connectivity index (χ0n) is 11.4. The van der Waals surface area contributed by atoms with Crippen molar-refractivity contribution >= 4 is 21.6 Å². The van der Waals surface area contributed by atoms with Crippen molar-refractivity contribution in [2.24, 2.45) is 0 Å². The molecule has 0 radical (unpaired) electrons. The summed E-state index contributed by atoms with van der Waals surface area (Å²) < 4.78 is 6.31. The van der Waals surface area contributed by atoms with E-state index >= 15 is 0 Å². The Kier molecular flexibility index (Phi) is 3.92. The smallest absolute Gasteiger partial charge is 0.135 e. The number of halogens is 1. The van der Waals surface area contributed by atoms with Gasteiger partial charge in [0.05, 0.1) is 23.3 Å². The number of pyridine rings is 1. The summed E-state index contributed by atoms with van der Waals surface area (Å²) in [7, 11) is 1.68. The Bertz CT molecular complexity index is 615. The van der Waals surface area contributed by atoms with Crippen molar-refractivity contribution in [3.63, 3.8) is 0 Å². The van der Waals surface area contributed by atoms with Crippen LogP contribution in [0.25, 0.3) is 0 Å². The van der Waals surface area contributed by atoms with Gasteiger partial charge in [0.15, 0.2) is 0 Å². The first-order chi connectivity index (χ1) is 9.78. The Morgan fingerprint density at radius 1 is 1.35 bits per heavy atom. The Morgan fingerprint density at radius 2 is 2.25 bits per heavy atom. The van der Waals surface area contributed by atoms with Crippen molar-refractivity contribution in [1.29, 1.82) is 0 Å². The number of nitrogens with one attached hydrogen (secondary N) is 1. The molecule has 1 aliphatic carbocycles. The van der Waals surface area contributed by atoms with Crippen LogP contribution in [0, 0.1) is 0 Å². The molecular formula is C16H17BrN2O. The molecule has 0 saturated carbocycles. The maximum atomic E-state index is 5.34. The summed E-state index contributed by atoms with van der Waals surface area (Å²) in [6.45, 7) is 0. The van der Waals surface area contributed by atoms with Crippen LogP contribution in [0.15, 0.2) is 41.0 Å². The van der Waals surface area contributed by atoms with E-state index in [-0.39, 0.29) is 6.04 Å². The number of benzene rings is 1. The molecule has 0 saturated heterocycles. The van der Waals surface area contributed by atoms with Crippen LogP contribution in [-0.2, 0) is 6.42 Å². The normalized spacial score (nSPS) is 17.4. The highest BCUT2D eigenvalue weighted by Gasteiger charge is 2.21. The average molecular weight is 333 g/mol. The van der Waals surface area contributed by atoms with Gasteiger partial charge in [0.2, 0.25) is 0 Å². The molecular weight excluding hydrogens is 316 g/mol. The lowest BCUT2D eigenvalue weighted by molar-refractivity contribution is 0.412. The number of rotatable bonds is 3. The fourth-order valence-electron chi connectivity index (χ4n) is 2.70. The fraction of sp³-hybridized carbons (Fsp3) is 0.312. The van der Waals surface area contributed by atoms with Crippen LogP contribution in [0.4, 0.5) is 5.69 Å². The Labute approximate surface area is 127 Å². The topological polar surface area (TPSA) is 34.1 Å². The molecule has 0 aliphatic heterocycles. The summed E-state index contributed by atoms with van der Waals surface area (Å²) in [6.07, 6.45) is 5.32. The second-order valence-electron chi connectivity index (χ2n) is 4.99. The fourth-order valence-corrected chi connectivity index (χ4v) is 3.11. The quantitative estimate of drug-likeness (QED) is 0.907. The Balaban J connectivity index is 1.85. The predicted molar refractivity (Wildman–Crippen MR) is 84.2 cm³/mol. The molecule has 1 aliphatic rings. The lowest BCUT2D eigenvalue weighted by atomic mass is 9.92. The van der Waals surface area contributed by atoms with Crippen molar-refractivity contribution in [1.82, 2.24) is 4.98 Å². The van der Waals surface area contributed by atoms with E-state index in [0.717, 1.165) is 28.8 Å². The Morgan fingerprint density at radius 3 is 3.10 bits per heavy atom. The van der Waals surface area contributed by atoms with Gasteiger partial charge in [-0.3, -0.25) is 4.98 Å². The minimum atomic E-state index is 0.283. The molecule has 4 heteroatoms. The number of nitrogens with zero attached hydrogens (tertiary/aromatic N) is 1. The van der Waals surface area contributed by atoms with Gasteiger partial charge in [0.25, 0.3) is 0 Å². The third kappa shape index (κ3) is 2.66. The molecule has 1 heterocycles. The summed E-state index contributed by atoms with van der Waals surface area (Å²) in [5.74, 6) is 0.840. The first-order valence-corrected chi connectivity index (χ1v) is 7.61. The first-order valence-electron chi connectivity index (χ1n) is 6.82. The van der Waals surface area contributed by atoms with Gasteiger partial charge in [0, 0.05) is 18.0 Å². The molecule has 1 unspecified atom stereocenters. The average Bonchev–Trinajstić information content (AvgIpc) is 2.49. The van der Waals surface area contributed by atoms with E-state index in [1.807, 2.05) is 24.4 Å². The molecule has 20 heavy (non-hydrogen) atoms. The van der Waals surface area contributed by atoms with Crippen molar-refractivity contribution < 1.29 is 4.74 Å². The van der Waals surface area contributed by atoms with Gasteiger partial charge >= 0.3 is 0 Å². The van der Waals surface area contributed by atoms with Crippen LogP contribution in [0.5, 0.6) is 5.75 Å². The number of anilines is 1. The molecule has 3 rings (SSSR count). The summed E-state index contributed by atoms with van der Waals surface area (Å²) >= 11 is 3.48. The van der Waals surface area contributed by atoms with Gasteiger partial charge in [-0.2, -0.15) is 0 Å². The molecule has 104 valence electrons. The van der Waals surface area contributed by atoms with Gasteiger partial charge < -0.3 is 10.1 Å². The second kappa shape index (κ2) is 5.83. The van der Waals surface area contributed by atoms with Crippen molar-refractivity contribution in [2.45, 2.75) is 25.3 Å². The summed E-state index contributed by atoms with van der Waals surface area (Å²) in [5, 5.41) is 3.58. The van der Waals surface area contributed by atoms with E-state index in [1.165, 1.54) is 17.7 Å². The number of fused-ring (bicyclic) bond motifs is 1. The van der Waals surface area contributed by atoms with E-state index in [4.69, 9.17) is 4.74 Å². The molecule has 2 aromatic rings. The number of methoxy groups -OCH3 is 1. The van der Waals surface area contributed by atoms with Gasteiger partial charge in [-0.15, -0.1) is 0 Å². The van der Waals surface area contributed by atoms with Crippen molar-refractivity contribution in [2.75, 3.05) is 12.4 Å². The van der Waals surface area contributed by atoms with Crippen molar-refractivity contribution in [3.05, 3.63) is 52.3 Å². The highest BCUT2D eigenvalue weighted by Crippen LogP contribution is 2.33. The largest absolute Gasteiger partial charge is 0.495 e. The number of hydrogen-bond donors (Lipinski definition) is 1. The maximum absolute atomic E-state index is 5.34. The number of ether oxygens (including phenoxy) is 1. The standard InChI is InChI=1S/C16H17BrN2O/c1-20-15-10-12(7-8-13(15)17)19-14-6-2-4-11-5-3-9-18-16(11)14/h3,5,7-10,14,19H,2,4,6H2,1H3.